The van der Waals surface area contributed by atoms with Gasteiger partial charge in [0.2, 0.25) is 11.8 Å². The number of hydrogen-bond donors (Lipinski definition) is 1. The van der Waals surface area contributed by atoms with Gasteiger partial charge in [-0.3, -0.25) is 13.9 Å². The van der Waals surface area contributed by atoms with Crippen LogP contribution in [-0.2, 0) is 26.2 Å². The summed E-state index contributed by atoms with van der Waals surface area (Å²) in [5.41, 5.74) is 2.28. The lowest BCUT2D eigenvalue weighted by Crippen LogP contribution is -2.52. The predicted octanol–water partition coefficient (Wildman–Crippen LogP) is 6.40. The summed E-state index contributed by atoms with van der Waals surface area (Å²) >= 11 is 19.2. The van der Waals surface area contributed by atoms with E-state index in [4.69, 9.17) is 34.8 Å². The summed E-state index contributed by atoms with van der Waals surface area (Å²) in [5.74, 6) is -1.03. The third kappa shape index (κ3) is 7.49. The first kappa shape index (κ1) is 31.7. The molecule has 11 heteroatoms. The number of nitrogens with zero attached hydrogens (tertiary/aromatic N) is 2. The number of carbonyl (C=O) groups excluding carboxylic acids is 2. The smallest absolute Gasteiger partial charge is 0.264 e. The fourth-order valence-corrected chi connectivity index (χ4v) is 6.04. The van der Waals surface area contributed by atoms with Crippen molar-refractivity contribution in [1.29, 1.82) is 0 Å². The van der Waals surface area contributed by atoms with Crippen molar-refractivity contribution in [1.82, 2.24) is 10.2 Å². The Morgan fingerprint density at radius 1 is 0.875 bits per heavy atom. The van der Waals surface area contributed by atoms with Gasteiger partial charge in [0.15, 0.2) is 0 Å². The number of carbonyl (C=O) groups is 2. The van der Waals surface area contributed by atoms with Crippen molar-refractivity contribution in [2.24, 2.45) is 0 Å². The van der Waals surface area contributed by atoms with E-state index in [2.05, 4.69) is 5.32 Å². The van der Waals surface area contributed by atoms with Crippen LogP contribution in [0.3, 0.4) is 0 Å². The zero-order valence-corrected chi connectivity index (χ0v) is 26.0. The summed E-state index contributed by atoms with van der Waals surface area (Å²) in [6.45, 7) is 8.10. The topological polar surface area (TPSA) is 86.8 Å². The molecular formula is C29H32Cl3N3O4S. The lowest BCUT2D eigenvalue weighted by molar-refractivity contribution is -0.139. The molecule has 0 aliphatic rings. The van der Waals surface area contributed by atoms with Crippen LogP contribution in [0.15, 0.2) is 65.6 Å². The van der Waals surface area contributed by atoms with Crippen molar-refractivity contribution in [3.63, 3.8) is 0 Å². The second-order valence-electron chi connectivity index (χ2n) is 9.82. The molecule has 3 rings (SSSR count). The van der Waals surface area contributed by atoms with Gasteiger partial charge >= 0.3 is 0 Å². The fraction of sp³-hybridized carbons (Fsp3) is 0.310. The van der Waals surface area contributed by atoms with E-state index in [-0.39, 0.29) is 23.2 Å². The molecule has 3 aromatic carbocycles. The van der Waals surface area contributed by atoms with E-state index in [1.165, 1.54) is 23.1 Å². The molecule has 3 aromatic rings. The standard InChI is InChI=1S/C29H32Cl3N3O4S/c1-18(2)33-29(37)21(5)34(16-24-25(30)7-6-8-26(24)31)28(36)17-35(22-12-11-20(4)27(32)15-22)40(38,39)23-13-9-19(3)10-14-23/h6-15,18,21H,16-17H2,1-5H3,(H,33,37)/t21-/m0/s1. The van der Waals surface area contributed by atoms with Crippen LogP contribution in [0.4, 0.5) is 5.69 Å². The van der Waals surface area contributed by atoms with Crippen molar-refractivity contribution < 1.29 is 18.0 Å². The first-order valence-corrected chi connectivity index (χ1v) is 15.2. The molecular weight excluding hydrogens is 593 g/mol. The highest BCUT2D eigenvalue weighted by atomic mass is 35.5. The van der Waals surface area contributed by atoms with Crippen LogP contribution in [0, 0.1) is 13.8 Å². The second-order valence-corrected chi connectivity index (χ2v) is 12.9. The van der Waals surface area contributed by atoms with E-state index < -0.39 is 34.4 Å². The lowest BCUT2D eigenvalue weighted by Gasteiger charge is -2.32. The van der Waals surface area contributed by atoms with Gasteiger partial charge in [0.05, 0.1) is 10.6 Å². The summed E-state index contributed by atoms with van der Waals surface area (Å²) in [5, 5.41) is 3.78. The van der Waals surface area contributed by atoms with Gasteiger partial charge in [0.25, 0.3) is 10.0 Å². The van der Waals surface area contributed by atoms with Gasteiger partial charge in [0, 0.05) is 33.2 Å². The SMILES string of the molecule is Cc1ccc(S(=O)(=O)N(CC(=O)N(Cc2c(Cl)cccc2Cl)[C@@H](C)C(=O)NC(C)C)c2ccc(C)c(Cl)c2)cc1. The molecule has 0 aliphatic heterocycles. The summed E-state index contributed by atoms with van der Waals surface area (Å²) < 4.78 is 28.8. The van der Waals surface area contributed by atoms with Crippen LogP contribution in [0.2, 0.25) is 15.1 Å². The lowest BCUT2D eigenvalue weighted by atomic mass is 10.1. The average Bonchev–Trinajstić information content (AvgIpc) is 2.88. The summed E-state index contributed by atoms with van der Waals surface area (Å²) in [7, 11) is -4.21. The second kappa shape index (κ2) is 13.3. The average molecular weight is 625 g/mol. The number of halogens is 3. The molecule has 0 aromatic heterocycles. The number of aryl methyl sites for hydroxylation is 2. The van der Waals surface area contributed by atoms with Crippen LogP contribution in [0.5, 0.6) is 0 Å². The van der Waals surface area contributed by atoms with Gasteiger partial charge < -0.3 is 10.2 Å². The minimum atomic E-state index is -4.21. The molecule has 2 amide bonds. The van der Waals surface area contributed by atoms with E-state index in [0.717, 1.165) is 15.4 Å². The van der Waals surface area contributed by atoms with Crippen LogP contribution in [-0.4, -0.2) is 43.8 Å². The molecule has 40 heavy (non-hydrogen) atoms. The van der Waals surface area contributed by atoms with Gasteiger partial charge in [0.1, 0.15) is 12.6 Å². The Hall–Kier alpha value is -2.78. The molecule has 1 N–H and O–H groups in total. The Bertz CT molecular complexity index is 1470. The Labute approximate surface area is 251 Å². The minimum Gasteiger partial charge on any atom is -0.352 e. The maximum atomic E-state index is 14.0. The van der Waals surface area contributed by atoms with Crippen LogP contribution < -0.4 is 9.62 Å². The Kier molecular flexibility index (Phi) is 10.5. The number of rotatable bonds is 10. The van der Waals surface area contributed by atoms with Gasteiger partial charge in [-0.25, -0.2) is 8.42 Å². The molecule has 0 unspecified atom stereocenters. The third-order valence-corrected chi connectivity index (χ3v) is 9.22. The maximum Gasteiger partial charge on any atom is 0.264 e. The molecule has 7 nitrogen and oxygen atoms in total. The molecule has 0 radical (unpaired) electrons. The number of amides is 2. The first-order chi connectivity index (χ1) is 18.7. The Morgan fingerprint density at radius 3 is 2.02 bits per heavy atom. The first-order valence-electron chi connectivity index (χ1n) is 12.6. The Morgan fingerprint density at radius 2 is 1.48 bits per heavy atom. The van der Waals surface area contributed by atoms with Gasteiger partial charge in [-0.1, -0.05) is 64.6 Å². The number of hydrogen-bond acceptors (Lipinski definition) is 4. The van der Waals surface area contributed by atoms with Gasteiger partial charge in [-0.2, -0.15) is 0 Å². The molecule has 0 saturated carbocycles. The quantitative estimate of drug-likeness (QED) is 0.283. The van der Waals surface area contributed by atoms with Crippen molar-refractivity contribution in [3.05, 3.63) is 92.4 Å². The van der Waals surface area contributed by atoms with Crippen molar-refractivity contribution in [2.45, 2.75) is 58.1 Å². The van der Waals surface area contributed by atoms with Gasteiger partial charge in [-0.05, 0) is 76.6 Å². The summed E-state index contributed by atoms with van der Waals surface area (Å²) in [6, 6.07) is 14.9. The number of nitrogens with one attached hydrogen (secondary N) is 1. The highest BCUT2D eigenvalue weighted by molar-refractivity contribution is 7.92. The molecule has 1 atom stereocenters. The number of sulfonamides is 1. The molecule has 214 valence electrons. The summed E-state index contributed by atoms with van der Waals surface area (Å²) in [6.07, 6.45) is 0. The molecule has 0 spiro atoms. The molecule has 0 saturated heterocycles. The van der Waals surface area contributed by atoms with E-state index in [9.17, 15) is 18.0 Å². The van der Waals surface area contributed by atoms with E-state index in [0.29, 0.717) is 20.6 Å². The van der Waals surface area contributed by atoms with Crippen molar-refractivity contribution >= 4 is 62.3 Å². The van der Waals surface area contributed by atoms with Crippen molar-refractivity contribution in [3.8, 4) is 0 Å². The van der Waals surface area contributed by atoms with Gasteiger partial charge in [-0.15, -0.1) is 0 Å². The van der Waals surface area contributed by atoms with Crippen LogP contribution >= 0.6 is 34.8 Å². The predicted molar refractivity (Wildman–Crippen MR) is 162 cm³/mol. The zero-order chi connectivity index (χ0) is 29.8. The van der Waals surface area contributed by atoms with E-state index >= 15 is 0 Å². The van der Waals surface area contributed by atoms with Crippen LogP contribution in [0.25, 0.3) is 0 Å². The van der Waals surface area contributed by atoms with Crippen molar-refractivity contribution in [2.75, 3.05) is 10.8 Å². The highest BCUT2D eigenvalue weighted by Crippen LogP contribution is 2.30. The van der Waals surface area contributed by atoms with E-state index in [1.54, 1.807) is 70.2 Å². The molecule has 0 bridgehead atoms. The monoisotopic (exact) mass is 623 g/mol. The molecule has 0 aliphatic carbocycles. The largest absolute Gasteiger partial charge is 0.352 e. The highest BCUT2D eigenvalue weighted by Gasteiger charge is 2.33. The number of benzene rings is 3. The molecule has 0 heterocycles. The maximum absolute atomic E-state index is 14.0. The Balaban J connectivity index is 2.10. The molecule has 0 fully saturated rings. The third-order valence-electron chi connectivity index (χ3n) is 6.32. The van der Waals surface area contributed by atoms with Crippen LogP contribution in [0.1, 0.15) is 37.5 Å². The number of anilines is 1. The fourth-order valence-electron chi connectivity index (χ4n) is 3.94. The minimum absolute atomic E-state index is 0.00824. The van der Waals surface area contributed by atoms with E-state index in [1.807, 2.05) is 6.92 Å². The normalized spacial score (nSPS) is 12.2. The zero-order valence-electron chi connectivity index (χ0n) is 22.9. The summed E-state index contributed by atoms with van der Waals surface area (Å²) in [4.78, 5) is 28.3.